The van der Waals surface area contributed by atoms with Gasteiger partial charge in [0.25, 0.3) is 5.91 Å². The Kier molecular flexibility index (Phi) is 3.25. The molecule has 3 nitrogen and oxygen atoms in total. The first-order valence-corrected chi connectivity index (χ1v) is 5.97. The maximum Gasteiger partial charge on any atom is 0.252 e. The largest absolute Gasteiger partial charge is 0.377 e. The highest BCUT2D eigenvalue weighted by atomic mass is 127. The smallest absolute Gasteiger partial charge is 0.252 e. The Bertz CT molecular complexity index is 404. The first-order valence-electron chi connectivity index (χ1n) is 4.89. The number of benzene rings is 1. The van der Waals surface area contributed by atoms with Crippen LogP contribution < -0.4 is 5.32 Å². The van der Waals surface area contributed by atoms with Crippen LogP contribution in [-0.4, -0.2) is 12.5 Å². The number of carbonyl (C=O) groups excluding carboxylic acids is 1. The molecule has 1 heterocycles. The third kappa shape index (κ3) is 2.15. The molecule has 1 aromatic carbocycles. The molecule has 1 aliphatic rings. The lowest BCUT2D eigenvalue weighted by atomic mass is 10.1. The predicted octanol–water partition coefficient (Wildman–Crippen LogP) is 2.07. The van der Waals surface area contributed by atoms with Crippen molar-refractivity contribution < 1.29 is 9.53 Å². The summed E-state index contributed by atoms with van der Waals surface area (Å²) in [6.45, 7) is 3.95. The van der Waals surface area contributed by atoms with E-state index < -0.39 is 0 Å². The third-order valence-corrected chi connectivity index (χ3v) is 3.22. The molecule has 2 rings (SSSR count). The fourth-order valence-electron chi connectivity index (χ4n) is 1.69. The zero-order chi connectivity index (χ0) is 10.8. The average molecular weight is 317 g/mol. The van der Waals surface area contributed by atoms with Crippen LogP contribution in [0.2, 0.25) is 0 Å². The van der Waals surface area contributed by atoms with Gasteiger partial charge in [0, 0.05) is 16.7 Å². The van der Waals surface area contributed by atoms with Crippen LogP contribution in [0.4, 0.5) is 0 Å². The zero-order valence-corrected chi connectivity index (χ0v) is 10.6. The molecule has 1 N–H and O–H groups in total. The van der Waals surface area contributed by atoms with Crippen molar-refractivity contribution in [1.82, 2.24) is 5.32 Å². The summed E-state index contributed by atoms with van der Waals surface area (Å²) in [4.78, 5) is 11.5. The van der Waals surface area contributed by atoms with E-state index in [4.69, 9.17) is 4.74 Å². The molecule has 0 fully saturated rings. The van der Waals surface area contributed by atoms with Crippen molar-refractivity contribution in [2.45, 2.75) is 20.1 Å². The molecule has 0 saturated carbocycles. The minimum atomic E-state index is 0.0392. The SMILES string of the molecule is CCOCc1cc(I)c2c(c1)CNC2=O. The van der Waals surface area contributed by atoms with Gasteiger partial charge in [-0.05, 0) is 46.7 Å². The first-order chi connectivity index (χ1) is 7.22. The predicted molar refractivity (Wildman–Crippen MR) is 65.7 cm³/mol. The minimum absolute atomic E-state index is 0.0392. The Balaban J connectivity index is 2.31. The molecular formula is C11H12INO2. The molecule has 1 aliphatic heterocycles. The van der Waals surface area contributed by atoms with Crippen molar-refractivity contribution in [3.63, 3.8) is 0 Å². The van der Waals surface area contributed by atoms with Crippen LogP contribution in [0.5, 0.6) is 0 Å². The van der Waals surface area contributed by atoms with Crippen molar-refractivity contribution in [1.29, 1.82) is 0 Å². The molecule has 0 aromatic heterocycles. The Morgan fingerprint density at radius 1 is 1.53 bits per heavy atom. The maximum absolute atomic E-state index is 11.5. The number of fused-ring (bicyclic) bond motifs is 1. The molecule has 0 bridgehead atoms. The molecule has 0 radical (unpaired) electrons. The minimum Gasteiger partial charge on any atom is -0.377 e. The van der Waals surface area contributed by atoms with Gasteiger partial charge in [-0.1, -0.05) is 6.07 Å². The van der Waals surface area contributed by atoms with Crippen molar-refractivity contribution >= 4 is 28.5 Å². The van der Waals surface area contributed by atoms with Crippen molar-refractivity contribution in [3.8, 4) is 0 Å². The van der Waals surface area contributed by atoms with Gasteiger partial charge in [-0.25, -0.2) is 0 Å². The van der Waals surface area contributed by atoms with Gasteiger partial charge in [0.2, 0.25) is 0 Å². The number of halogens is 1. The zero-order valence-electron chi connectivity index (χ0n) is 8.47. The highest BCUT2D eigenvalue weighted by Crippen LogP contribution is 2.24. The number of amides is 1. The average Bonchev–Trinajstić information content (AvgIpc) is 2.58. The standard InChI is InChI=1S/C11H12INO2/c1-2-15-6-7-3-8-5-13-11(14)10(8)9(12)4-7/h3-4H,2,5-6H2,1H3,(H,13,14). The van der Waals surface area contributed by atoms with E-state index in [0.29, 0.717) is 19.8 Å². The lowest BCUT2D eigenvalue weighted by molar-refractivity contribution is 0.0965. The van der Waals surface area contributed by atoms with Crippen LogP contribution in [0.1, 0.15) is 28.4 Å². The summed E-state index contributed by atoms with van der Waals surface area (Å²) in [6, 6.07) is 4.06. The fraction of sp³-hybridized carbons (Fsp3) is 0.364. The van der Waals surface area contributed by atoms with Gasteiger partial charge in [0.1, 0.15) is 0 Å². The number of nitrogens with one attached hydrogen (secondary N) is 1. The van der Waals surface area contributed by atoms with Gasteiger partial charge in [0.05, 0.1) is 12.2 Å². The maximum atomic E-state index is 11.5. The van der Waals surface area contributed by atoms with Crippen LogP contribution in [0.3, 0.4) is 0 Å². The highest BCUT2D eigenvalue weighted by molar-refractivity contribution is 14.1. The second kappa shape index (κ2) is 4.49. The van der Waals surface area contributed by atoms with E-state index in [1.165, 1.54) is 0 Å². The van der Waals surface area contributed by atoms with E-state index in [-0.39, 0.29) is 5.91 Å². The Hall–Kier alpha value is -0.620. The van der Waals surface area contributed by atoms with E-state index in [1.54, 1.807) is 0 Å². The van der Waals surface area contributed by atoms with Gasteiger partial charge in [0.15, 0.2) is 0 Å². The second-order valence-electron chi connectivity index (χ2n) is 3.43. The number of rotatable bonds is 3. The first kappa shape index (κ1) is 10.9. The second-order valence-corrected chi connectivity index (χ2v) is 4.59. The van der Waals surface area contributed by atoms with Crippen LogP contribution in [-0.2, 0) is 17.9 Å². The van der Waals surface area contributed by atoms with Gasteiger partial charge >= 0.3 is 0 Å². The molecule has 80 valence electrons. The Morgan fingerprint density at radius 3 is 3.07 bits per heavy atom. The molecule has 0 spiro atoms. The van der Waals surface area contributed by atoms with Gasteiger partial charge in [-0.3, -0.25) is 4.79 Å². The van der Waals surface area contributed by atoms with Crippen molar-refractivity contribution in [3.05, 3.63) is 32.4 Å². The molecule has 0 saturated heterocycles. The van der Waals surface area contributed by atoms with Gasteiger partial charge in [-0.15, -0.1) is 0 Å². The molecule has 0 aliphatic carbocycles. The van der Waals surface area contributed by atoms with Crippen molar-refractivity contribution in [2.75, 3.05) is 6.61 Å². The van der Waals surface area contributed by atoms with Gasteiger partial charge < -0.3 is 10.1 Å². The third-order valence-electron chi connectivity index (χ3n) is 2.37. The summed E-state index contributed by atoms with van der Waals surface area (Å²) in [7, 11) is 0. The molecule has 0 unspecified atom stereocenters. The van der Waals surface area contributed by atoms with Crippen LogP contribution in [0.15, 0.2) is 12.1 Å². The van der Waals surface area contributed by atoms with Crippen molar-refractivity contribution in [2.24, 2.45) is 0 Å². The van der Waals surface area contributed by atoms with E-state index in [9.17, 15) is 4.79 Å². The summed E-state index contributed by atoms with van der Waals surface area (Å²) in [5, 5.41) is 2.82. The summed E-state index contributed by atoms with van der Waals surface area (Å²) >= 11 is 2.20. The summed E-state index contributed by atoms with van der Waals surface area (Å²) < 4.78 is 6.36. The lowest BCUT2D eigenvalue weighted by Gasteiger charge is -2.05. The highest BCUT2D eigenvalue weighted by Gasteiger charge is 2.22. The summed E-state index contributed by atoms with van der Waals surface area (Å²) in [5.41, 5.74) is 3.05. The van der Waals surface area contributed by atoms with Crippen LogP contribution in [0.25, 0.3) is 0 Å². The Morgan fingerprint density at radius 2 is 2.33 bits per heavy atom. The molecule has 1 amide bonds. The molecule has 0 atom stereocenters. The van der Waals surface area contributed by atoms with Crippen LogP contribution in [0, 0.1) is 3.57 Å². The molecule has 15 heavy (non-hydrogen) atoms. The number of ether oxygens (including phenoxy) is 1. The number of hydrogen-bond donors (Lipinski definition) is 1. The van der Waals surface area contributed by atoms with E-state index in [1.807, 2.05) is 19.1 Å². The Labute approximate surface area is 102 Å². The molecule has 1 aromatic rings. The van der Waals surface area contributed by atoms with E-state index in [2.05, 4.69) is 27.9 Å². The van der Waals surface area contributed by atoms with E-state index >= 15 is 0 Å². The van der Waals surface area contributed by atoms with Gasteiger partial charge in [-0.2, -0.15) is 0 Å². The van der Waals surface area contributed by atoms with Crippen LogP contribution >= 0.6 is 22.6 Å². The monoisotopic (exact) mass is 317 g/mol. The molecular weight excluding hydrogens is 305 g/mol. The topological polar surface area (TPSA) is 38.3 Å². The lowest BCUT2D eigenvalue weighted by Crippen LogP contribution is -2.13. The van der Waals surface area contributed by atoms with E-state index in [0.717, 1.165) is 20.3 Å². The number of hydrogen-bond acceptors (Lipinski definition) is 2. The summed E-state index contributed by atoms with van der Waals surface area (Å²) in [6.07, 6.45) is 0. The molecule has 4 heteroatoms. The normalized spacial score (nSPS) is 13.9. The quantitative estimate of drug-likeness (QED) is 0.867. The fourth-order valence-corrected chi connectivity index (χ4v) is 2.68. The summed E-state index contributed by atoms with van der Waals surface area (Å²) in [5.74, 6) is 0.0392. The number of carbonyl (C=O) groups is 1.